The van der Waals surface area contributed by atoms with Crippen molar-refractivity contribution >= 4 is 33.2 Å². The maximum absolute atomic E-state index is 12.1. The molecule has 0 fully saturated rings. The van der Waals surface area contributed by atoms with Gasteiger partial charge in [0.25, 0.3) is 0 Å². The van der Waals surface area contributed by atoms with Gasteiger partial charge in [0.05, 0.1) is 10.4 Å². The zero-order valence-electron chi connectivity index (χ0n) is 10.4. The van der Waals surface area contributed by atoms with Crippen LogP contribution in [0.4, 0.5) is 0 Å². The minimum atomic E-state index is -3.46. The zero-order valence-corrected chi connectivity index (χ0v) is 12.1. The first-order valence-corrected chi connectivity index (χ1v) is 8.20. The van der Waals surface area contributed by atoms with Crippen LogP contribution >= 0.6 is 11.3 Å². The number of carbonyl (C=O) groups excluding carboxylic acids is 2. The third-order valence-electron chi connectivity index (χ3n) is 3.02. The highest BCUT2D eigenvalue weighted by atomic mass is 32.2. The molecule has 0 saturated carbocycles. The molecule has 0 N–H and O–H groups in total. The zero-order chi connectivity index (χ0) is 13.7. The van der Waals surface area contributed by atoms with Crippen molar-refractivity contribution in [3.63, 3.8) is 0 Å². The van der Waals surface area contributed by atoms with E-state index < -0.39 is 9.84 Å². The highest BCUT2D eigenvalue weighted by molar-refractivity contribution is 7.92. The van der Waals surface area contributed by atoms with E-state index >= 15 is 0 Å². The number of Topliss-reactive ketones (excluding diaryl/α,β-unsaturated/α-hetero) is 1. The summed E-state index contributed by atoms with van der Waals surface area (Å²) < 4.78 is 23.4. The summed E-state index contributed by atoms with van der Waals surface area (Å²) in [5.41, 5.74) is 0.637. The molecule has 1 aliphatic carbocycles. The normalized spacial score (nSPS) is 18.5. The van der Waals surface area contributed by atoms with Crippen LogP contribution in [0.2, 0.25) is 0 Å². The van der Waals surface area contributed by atoms with E-state index in [1.54, 1.807) is 0 Å². The summed E-state index contributed by atoms with van der Waals surface area (Å²) in [5.74, 6) is -0.175. The standard InChI is InChI=1S/C12H14O4S2/c1-12(2)4-7-9(6-13)17-11(18(3,15)16)10(7)8(14)5-12/h6H,4-5H2,1-3H3. The number of ketones is 1. The number of fused-ring (bicyclic) bond motifs is 1. The maximum atomic E-state index is 12.1. The number of hydrogen-bond donors (Lipinski definition) is 0. The smallest absolute Gasteiger partial charge is 0.185 e. The first-order valence-electron chi connectivity index (χ1n) is 5.50. The molecule has 0 saturated heterocycles. The minimum absolute atomic E-state index is 0.0418. The Kier molecular flexibility index (Phi) is 2.98. The molecule has 0 aromatic carbocycles. The van der Waals surface area contributed by atoms with Crippen molar-refractivity contribution in [2.24, 2.45) is 5.41 Å². The Hall–Kier alpha value is -1.01. The van der Waals surface area contributed by atoms with Gasteiger partial charge < -0.3 is 0 Å². The molecule has 1 aromatic rings. The Morgan fingerprint density at radius 1 is 1.28 bits per heavy atom. The Morgan fingerprint density at radius 2 is 1.89 bits per heavy atom. The molecule has 1 aromatic heterocycles. The van der Waals surface area contributed by atoms with E-state index in [0.29, 0.717) is 29.6 Å². The topological polar surface area (TPSA) is 68.3 Å². The van der Waals surface area contributed by atoms with Gasteiger partial charge in [-0.25, -0.2) is 8.42 Å². The first kappa shape index (κ1) is 13.4. The van der Waals surface area contributed by atoms with Crippen LogP contribution < -0.4 is 0 Å². The number of sulfone groups is 1. The molecule has 0 radical (unpaired) electrons. The van der Waals surface area contributed by atoms with Crippen LogP contribution in [0, 0.1) is 5.41 Å². The van der Waals surface area contributed by atoms with Crippen LogP contribution in [-0.4, -0.2) is 26.7 Å². The molecule has 0 amide bonds. The van der Waals surface area contributed by atoms with Crippen molar-refractivity contribution in [3.8, 4) is 0 Å². The van der Waals surface area contributed by atoms with E-state index in [-0.39, 0.29) is 21.0 Å². The van der Waals surface area contributed by atoms with Gasteiger partial charge in [0.15, 0.2) is 21.9 Å². The van der Waals surface area contributed by atoms with E-state index in [2.05, 4.69) is 0 Å². The average Bonchev–Trinajstić information content (AvgIpc) is 2.53. The van der Waals surface area contributed by atoms with Crippen LogP contribution in [0.25, 0.3) is 0 Å². The molecule has 2 rings (SSSR count). The van der Waals surface area contributed by atoms with Crippen molar-refractivity contribution in [3.05, 3.63) is 16.0 Å². The van der Waals surface area contributed by atoms with Gasteiger partial charge in [-0.15, -0.1) is 11.3 Å². The molecule has 4 nitrogen and oxygen atoms in total. The fourth-order valence-corrected chi connectivity index (χ4v) is 4.70. The lowest BCUT2D eigenvalue weighted by Gasteiger charge is -2.29. The molecule has 0 atom stereocenters. The molecular formula is C12H14O4S2. The molecule has 18 heavy (non-hydrogen) atoms. The first-order chi connectivity index (χ1) is 8.15. The summed E-state index contributed by atoms with van der Waals surface area (Å²) in [5, 5.41) is 0. The quantitative estimate of drug-likeness (QED) is 0.781. The van der Waals surface area contributed by atoms with Crippen LogP contribution in [0.15, 0.2) is 4.21 Å². The van der Waals surface area contributed by atoms with Gasteiger partial charge in [0.1, 0.15) is 4.21 Å². The summed E-state index contributed by atoms with van der Waals surface area (Å²) in [7, 11) is -3.46. The van der Waals surface area contributed by atoms with Gasteiger partial charge in [0, 0.05) is 12.7 Å². The molecule has 0 unspecified atom stereocenters. The maximum Gasteiger partial charge on any atom is 0.185 e. The third-order valence-corrected chi connectivity index (χ3v) is 6.01. The molecule has 1 aliphatic rings. The van der Waals surface area contributed by atoms with Gasteiger partial charge in [-0.2, -0.15) is 0 Å². The van der Waals surface area contributed by atoms with Crippen molar-refractivity contribution in [1.82, 2.24) is 0 Å². The molecule has 6 heteroatoms. The summed E-state index contributed by atoms with van der Waals surface area (Å²) in [4.78, 5) is 23.5. The fourth-order valence-electron chi connectivity index (χ4n) is 2.34. The summed E-state index contributed by atoms with van der Waals surface area (Å²) in [6.45, 7) is 3.89. The Labute approximate surface area is 110 Å². The van der Waals surface area contributed by atoms with Crippen molar-refractivity contribution in [1.29, 1.82) is 0 Å². The van der Waals surface area contributed by atoms with Crippen molar-refractivity contribution in [2.45, 2.75) is 30.9 Å². The molecule has 0 spiro atoms. The fraction of sp³-hybridized carbons (Fsp3) is 0.500. The lowest BCUT2D eigenvalue weighted by atomic mass is 9.74. The van der Waals surface area contributed by atoms with Gasteiger partial charge in [0.2, 0.25) is 0 Å². The summed E-state index contributed by atoms with van der Waals surface area (Å²) >= 11 is 0.910. The highest BCUT2D eigenvalue weighted by Gasteiger charge is 2.37. The predicted molar refractivity (Wildman–Crippen MR) is 69.2 cm³/mol. The summed E-state index contributed by atoms with van der Waals surface area (Å²) in [6.07, 6.45) is 2.60. The minimum Gasteiger partial charge on any atom is -0.297 e. The Morgan fingerprint density at radius 3 is 2.39 bits per heavy atom. The van der Waals surface area contributed by atoms with Gasteiger partial charge in [-0.1, -0.05) is 13.8 Å². The third kappa shape index (κ3) is 2.14. The van der Waals surface area contributed by atoms with Crippen molar-refractivity contribution in [2.75, 3.05) is 6.26 Å². The summed E-state index contributed by atoms with van der Waals surface area (Å²) in [6, 6.07) is 0. The number of hydrogen-bond acceptors (Lipinski definition) is 5. The largest absolute Gasteiger partial charge is 0.297 e. The van der Waals surface area contributed by atoms with E-state index in [4.69, 9.17) is 0 Å². The van der Waals surface area contributed by atoms with Crippen molar-refractivity contribution < 1.29 is 18.0 Å². The average molecular weight is 286 g/mol. The lowest BCUT2D eigenvalue weighted by molar-refractivity contribution is 0.0909. The molecule has 0 bridgehead atoms. The Bertz CT molecular complexity index is 635. The Balaban J connectivity index is 2.76. The van der Waals surface area contributed by atoms with E-state index in [1.165, 1.54) is 0 Å². The van der Waals surface area contributed by atoms with Crippen LogP contribution in [0.3, 0.4) is 0 Å². The molecule has 1 heterocycles. The second kappa shape index (κ2) is 3.99. The SMILES string of the molecule is CC1(C)CC(=O)c2c(S(C)(=O)=O)sc(C=O)c2C1. The van der Waals surface area contributed by atoms with E-state index in [9.17, 15) is 18.0 Å². The number of rotatable bonds is 2. The van der Waals surface area contributed by atoms with Gasteiger partial charge in [-0.05, 0) is 17.4 Å². The monoisotopic (exact) mass is 286 g/mol. The molecule has 0 aliphatic heterocycles. The second-order valence-electron chi connectivity index (χ2n) is 5.44. The highest BCUT2D eigenvalue weighted by Crippen LogP contribution is 2.42. The van der Waals surface area contributed by atoms with Crippen LogP contribution in [-0.2, 0) is 16.3 Å². The lowest BCUT2D eigenvalue weighted by Crippen LogP contribution is -2.27. The molecule has 98 valence electrons. The second-order valence-corrected chi connectivity index (χ2v) is 8.70. The van der Waals surface area contributed by atoms with Crippen LogP contribution in [0.5, 0.6) is 0 Å². The number of thiophene rings is 1. The van der Waals surface area contributed by atoms with Crippen LogP contribution in [0.1, 0.15) is 45.9 Å². The predicted octanol–water partition coefficient (Wildman–Crippen LogP) is 2.12. The number of carbonyl (C=O) groups is 2. The molecular weight excluding hydrogens is 272 g/mol. The van der Waals surface area contributed by atoms with E-state index in [0.717, 1.165) is 17.6 Å². The number of aldehydes is 1. The van der Waals surface area contributed by atoms with Gasteiger partial charge >= 0.3 is 0 Å². The van der Waals surface area contributed by atoms with Gasteiger partial charge in [-0.3, -0.25) is 9.59 Å². The van der Waals surface area contributed by atoms with E-state index in [1.807, 2.05) is 13.8 Å².